The maximum Gasteiger partial charge on any atom is 0.0136 e. The normalized spacial score (nSPS) is 29.1. The zero-order chi connectivity index (χ0) is 15.2. The lowest BCUT2D eigenvalue weighted by atomic mass is 9.59. The summed E-state index contributed by atoms with van der Waals surface area (Å²) in [4.78, 5) is 2.67. The van der Waals surface area contributed by atoms with Crippen LogP contribution >= 0.6 is 0 Å². The van der Waals surface area contributed by atoms with E-state index in [2.05, 4.69) is 58.7 Å². The molecule has 1 N–H and O–H groups in total. The summed E-state index contributed by atoms with van der Waals surface area (Å²) in [5.74, 6) is 1.98. The molecule has 1 saturated heterocycles. The van der Waals surface area contributed by atoms with Gasteiger partial charge in [0.2, 0.25) is 0 Å². The van der Waals surface area contributed by atoms with Gasteiger partial charge >= 0.3 is 0 Å². The fourth-order valence-electron chi connectivity index (χ4n) is 5.16. The minimum Gasteiger partial charge on any atom is -0.314 e. The van der Waals surface area contributed by atoms with Crippen molar-refractivity contribution in [3.63, 3.8) is 0 Å². The van der Waals surface area contributed by atoms with Gasteiger partial charge in [-0.2, -0.15) is 0 Å². The molecule has 2 aromatic rings. The zero-order valence-corrected chi connectivity index (χ0v) is 13.5. The fourth-order valence-corrected chi connectivity index (χ4v) is 5.16. The molecule has 0 aromatic heterocycles. The van der Waals surface area contributed by atoms with Crippen molar-refractivity contribution in [2.75, 3.05) is 32.7 Å². The third-order valence-corrected chi connectivity index (χ3v) is 6.13. The summed E-state index contributed by atoms with van der Waals surface area (Å²) < 4.78 is 0. The van der Waals surface area contributed by atoms with Gasteiger partial charge in [-0.15, -0.1) is 0 Å². The summed E-state index contributed by atoms with van der Waals surface area (Å²) in [6, 6.07) is 18.4. The van der Waals surface area contributed by atoms with Gasteiger partial charge in [0.1, 0.15) is 0 Å². The van der Waals surface area contributed by atoms with Gasteiger partial charge in [-0.1, -0.05) is 48.5 Å². The van der Waals surface area contributed by atoms with E-state index in [-0.39, 0.29) is 0 Å². The Balaban J connectivity index is 1.54. The number of benzene rings is 2. The number of nitrogens with zero attached hydrogens (tertiary/aromatic N) is 1. The highest BCUT2D eigenvalue weighted by molar-refractivity contribution is 5.55. The highest BCUT2D eigenvalue weighted by Crippen LogP contribution is 2.55. The molecular weight excluding hydrogens is 280 g/mol. The van der Waals surface area contributed by atoms with Crippen molar-refractivity contribution in [3.8, 4) is 0 Å². The summed E-state index contributed by atoms with van der Waals surface area (Å²) in [5.41, 5.74) is 6.38. The molecule has 4 aliphatic rings. The van der Waals surface area contributed by atoms with Crippen LogP contribution in [0.1, 0.15) is 40.5 Å². The first-order chi connectivity index (χ1) is 11.4. The summed E-state index contributed by atoms with van der Waals surface area (Å²) in [6.45, 7) is 5.96. The lowest BCUT2D eigenvalue weighted by molar-refractivity contribution is 0.179. The molecule has 0 saturated carbocycles. The Bertz CT molecular complexity index is 670. The summed E-state index contributed by atoms with van der Waals surface area (Å²) in [7, 11) is 0. The Morgan fingerprint density at radius 3 is 2.00 bits per heavy atom. The molecule has 0 radical (unpaired) electrons. The van der Waals surface area contributed by atoms with Gasteiger partial charge in [0.25, 0.3) is 0 Å². The van der Waals surface area contributed by atoms with Crippen LogP contribution in [0.5, 0.6) is 0 Å². The number of piperazine rings is 1. The standard InChI is InChI=1S/C21H24N2/c1-3-7-18-16(5-1)20-13-15(14-23-11-9-22-10-12-23)21(18)19-8-4-2-6-17(19)20/h1-8,15,20-22H,9-14H2. The number of hydrogen-bond donors (Lipinski definition) is 1. The second-order valence-electron chi connectivity index (χ2n) is 7.33. The molecule has 1 heterocycles. The highest BCUT2D eigenvalue weighted by Gasteiger charge is 2.43. The van der Waals surface area contributed by atoms with E-state index in [4.69, 9.17) is 0 Å². The van der Waals surface area contributed by atoms with Gasteiger partial charge in [-0.05, 0) is 34.6 Å². The van der Waals surface area contributed by atoms with E-state index in [1.807, 2.05) is 0 Å². The molecule has 1 unspecified atom stereocenters. The van der Waals surface area contributed by atoms with Crippen molar-refractivity contribution in [1.82, 2.24) is 10.2 Å². The Hall–Kier alpha value is -1.64. The van der Waals surface area contributed by atoms with Gasteiger partial charge in [0.05, 0.1) is 0 Å². The average Bonchev–Trinajstić information content (AvgIpc) is 2.63. The third kappa shape index (κ3) is 2.16. The topological polar surface area (TPSA) is 15.3 Å². The Morgan fingerprint density at radius 2 is 1.39 bits per heavy atom. The van der Waals surface area contributed by atoms with Crippen molar-refractivity contribution < 1.29 is 0 Å². The molecule has 23 heavy (non-hydrogen) atoms. The lowest BCUT2D eigenvalue weighted by Crippen LogP contribution is -2.47. The van der Waals surface area contributed by atoms with E-state index in [9.17, 15) is 0 Å². The first kappa shape index (κ1) is 13.8. The van der Waals surface area contributed by atoms with Gasteiger partial charge in [-0.25, -0.2) is 0 Å². The van der Waals surface area contributed by atoms with Gasteiger partial charge < -0.3 is 10.2 Å². The van der Waals surface area contributed by atoms with E-state index >= 15 is 0 Å². The number of hydrogen-bond acceptors (Lipinski definition) is 2. The molecule has 2 nitrogen and oxygen atoms in total. The van der Waals surface area contributed by atoms with Crippen LogP contribution in [0.2, 0.25) is 0 Å². The van der Waals surface area contributed by atoms with E-state index in [1.54, 1.807) is 22.3 Å². The zero-order valence-electron chi connectivity index (χ0n) is 13.5. The van der Waals surface area contributed by atoms with Crippen LogP contribution in [0, 0.1) is 5.92 Å². The second kappa shape index (κ2) is 5.47. The predicted molar refractivity (Wildman–Crippen MR) is 94.0 cm³/mol. The number of nitrogens with one attached hydrogen (secondary N) is 1. The molecule has 2 bridgehead atoms. The Labute approximate surface area is 138 Å². The van der Waals surface area contributed by atoms with Crippen LogP contribution in [-0.2, 0) is 0 Å². The minimum atomic E-state index is 0.599. The van der Waals surface area contributed by atoms with Crippen LogP contribution < -0.4 is 5.32 Å². The van der Waals surface area contributed by atoms with Crippen molar-refractivity contribution in [2.24, 2.45) is 5.92 Å². The van der Waals surface area contributed by atoms with Crippen molar-refractivity contribution in [3.05, 3.63) is 70.8 Å². The Kier molecular flexibility index (Phi) is 3.27. The monoisotopic (exact) mass is 304 g/mol. The third-order valence-electron chi connectivity index (χ3n) is 6.13. The van der Waals surface area contributed by atoms with E-state index in [1.165, 1.54) is 26.1 Å². The first-order valence-corrected chi connectivity index (χ1v) is 9.02. The molecule has 1 aliphatic heterocycles. The SMILES string of the molecule is c1ccc2c(c1)C1CC(CN3CCNCC3)C2c2ccccc21. The van der Waals surface area contributed by atoms with E-state index in [0.29, 0.717) is 11.8 Å². The van der Waals surface area contributed by atoms with Crippen LogP contribution in [0.4, 0.5) is 0 Å². The maximum absolute atomic E-state index is 3.48. The van der Waals surface area contributed by atoms with E-state index in [0.717, 1.165) is 19.0 Å². The van der Waals surface area contributed by atoms with Gasteiger partial charge in [0, 0.05) is 44.6 Å². The van der Waals surface area contributed by atoms with Crippen LogP contribution in [0.25, 0.3) is 0 Å². The number of rotatable bonds is 2. The Morgan fingerprint density at radius 1 is 0.826 bits per heavy atom. The molecular formula is C21H24N2. The molecule has 2 aromatic carbocycles. The van der Waals surface area contributed by atoms with E-state index < -0.39 is 0 Å². The maximum atomic E-state index is 3.48. The summed E-state index contributed by atoms with van der Waals surface area (Å²) >= 11 is 0. The highest BCUT2D eigenvalue weighted by atomic mass is 15.2. The molecule has 0 spiro atoms. The molecule has 118 valence electrons. The summed E-state index contributed by atoms with van der Waals surface area (Å²) in [5, 5.41) is 3.48. The summed E-state index contributed by atoms with van der Waals surface area (Å²) in [6.07, 6.45) is 1.32. The van der Waals surface area contributed by atoms with Crippen LogP contribution in [0.15, 0.2) is 48.5 Å². The molecule has 6 rings (SSSR count). The van der Waals surface area contributed by atoms with Gasteiger partial charge in [0.15, 0.2) is 0 Å². The average molecular weight is 304 g/mol. The molecule has 1 atom stereocenters. The minimum absolute atomic E-state index is 0.599. The second-order valence-corrected chi connectivity index (χ2v) is 7.33. The molecule has 1 fully saturated rings. The number of fused-ring (bicyclic) bond motifs is 1. The smallest absolute Gasteiger partial charge is 0.0136 e. The molecule has 2 heteroatoms. The lowest BCUT2D eigenvalue weighted by Gasteiger charge is -2.47. The largest absolute Gasteiger partial charge is 0.314 e. The predicted octanol–water partition coefficient (Wildman–Crippen LogP) is 3.19. The quantitative estimate of drug-likeness (QED) is 0.916. The first-order valence-electron chi connectivity index (χ1n) is 9.02. The van der Waals surface area contributed by atoms with Crippen molar-refractivity contribution in [2.45, 2.75) is 18.3 Å². The van der Waals surface area contributed by atoms with Crippen molar-refractivity contribution >= 4 is 0 Å². The molecule has 0 amide bonds. The van der Waals surface area contributed by atoms with Crippen LogP contribution in [-0.4, -0.2) is 37.6 Å². The van der Waals surface area contributed by atoms with Gasteiger partial charge in [-0.3, -0.25) is 0 Å². The van der Waals surface area contributed by atoms with Crippen molar-refractivity contribution in [1.29, 1.82) is 0 Å². The fraction of sp³-hybridized carbons (Fsp3) is 0.429. The van der Waals surface area contributed by atoms with Crippen LogP contribution in [0.3, 0.4) is 0 Å². The molecule has 3 aliphatic carbocycles.